The predicted molar refractivity (Wildman–Crippen MR) is 121 cm³/mol. The number of thiophene rings is 1. The van der Waals surface area contributed by atoms with Crippen molar-refractivity contribution >= 4 is 50.0 Å². The van der Waals surface area contributed by atoms with Gasteiger partial charge in [0, 0.05) is 16.3 Å². The number of rotatable bonds is 7. The summed E-state index contributed by atoms with van der Waals surface area (Å²) in [5.41, 5.74) is 2.39. The van der Waals surface area contributed by atoms with Crippen LogP contribution in [0.1, 0.15) is 5.69 Å². The number of nitrogens with one attached hydrogen (secondary N) is 2. The molecule has 6 nitrogen and oxygen atoms in total. The zero-order valence-corrected chi connectivity index (χ0v) is 18.1. The number of anilines is 2. The Balaban J connectivity index is 1.47. The molecule has 0 radical (unpaired) electrons. The van der Waals surface area contributed by atoms with Crippen LogP contribution in [0.4, 0.5) is 11.4 Å². The second-order valence-corrected chi connectivity index (χ2v) is 9.67. The molecule has 0 saturated heterocycles. The van der Waals surface area contributed by atoms with E-state index in [0.29, 0.717) is 17.1 Å². The van der Waals surface area contributed by atoms with Crippen LogP contribution >= 0.6 is 22.7 Å². The summed E-state index contributed by atoms with van der Waals surface area (Å²) < 4.78 is 27.8. The number of sulfonamides is 1. The molecule has 2 aromatic heterocycles. The summed E-state index contributed by atoms with van der Waals surface area (Å²) in [5.74, 6) is -0.275. The molecule has 0 aliphatic carbocycles. The third-order valence-electron chi connectivity index (χ3n) is 4.16. The van der Waals surface area contributed by atoms with E-state index in [0.717, 1.165) is 10.6 Å². The number of amides is 1. The first kappa shape index (κ1) is 20.3. The minimum absolute atomic E-state index is 0.0976. The van der Waals surface area contributed by atoms with Crippen LogP contribution in [0.3, 0.4) is 0 Å². The molecule has 4 aromatic rings. The largest absolute Gasteiger partial charge is 0.324 e. The average molecular weight is 456 g/mol. The van der Waals surface area contributed by atoms with E-state index in [1.165, 1.54) is 23.5 Å². The second-order valence-electron chi connectivity index (χ2n) is 6.35. The average Bonchev–Trinajstić information content (AvgIpc) is 3.42. The molecule has 0 bridgehead atoms. The summed E-state index contributed by atoms with van der Waals surface area (Å²) in [6, 6.07) is 16.7. The van der Waals surface area contributed by atoms with Crippen LogP contribution in [0.2, 0.25) is 0 Å². The van der Waals surface area contributed by atoms with Gasteiger partial charge in [-0.3, -0.25) is 9.52 Å². The standard InChI is InChI=1S/C21H17N3O3S3/c25-20(12-16-14-29-21(22-16)15-10-11-28-13-15)23-18-8-4-5-9-19(18)24-30(26,27)17-6-2-1-3-7-17/h1-11,13-14,24H,12H2,(H,23,25). The Morgan fingerprint density at radius 1 is 0.933 bits per heavy atom. The number of carbonyl (C=O) groups is 1. The molecule has 0 saturated carbocycles. The van der Waals surface area contributed by atoms with Crippen LogP contribution in [0.15, 0.2) is 81.7 Å². The third-order valence-corrected chi connectivity index (χ3v) is 7.17. The summed E-state index contributed by atoms with van der Waals surface area (Å²) in [6.07, 6.45) is 0.0976. The van der Waals surface area contributed by atoms with Gasteiger partial charge in [-0.1, -0.05) is 30.3 Å². The van der Waals surface area contributed by atoms with Crippen LogP contribution in [0, 0.1) is 0 Å². The fraction of sp³-hybridized carbons (Fsp3) is 0.0476. The molecule has 4 rings (SSSR count). The third kappa shape index (κ3) is 4.76. The lowest BCUT2D eigenvalue weighted by Gasteiger charge is -2.13. The molecule has 2 N–H and O–H groups in total. The van der Waals surface area contributed by atoms with Crippen LogP contribution < -0.4 is 10.0 Å². The summed E-state index contributed by atoms with van der Waals surface area (Å²) in [4.78, 5) is 17.2. The SMILES string of the molecule is O=C(Cc1csc(-c2ccsc2)n1)Nc1ccccc1NS(=O)(=O)c1ccccc1. The van der Waals surface area contributed by atoms with E-state index in [1.54, 1.807) is 53.8 Å². The molecule has 0 aliphatic rings. The molecule has 30 heavy (non-hydrogen) atoms. The van der Waals surface area contributed by atoms with E-state index >= 15 is 0 Å². The predicted octanol–water partition coefficient (Wildman–Crippen LogP) is 4.85. The molecule has 2 aromatic carbocycles. The van der Waals surface area contributed by atoms with E-state index in [9.17, 15) is 13.2 Å². The molecule has 2 heterocycles. The van der Waals surface area contributed by atoms with E-state index in [4.69, 9.17) is 0 Å². The van der Waals surface area contributed by atoms with Crippen LogP contribution in [0.25, 0.3) is 10.6 Å². The van der Waals surface area contributed by atoms with E-state index in [2.05, 4.69) is 15.0 Å². The number of thiazole rings is 1. The number of para-hydroxylation sites is 2. The van der Waals surface area contributed by atoms with Gasteiger partial charge in [-0.2, -0.15) is 11.3 Å². The van der Waals surface area contributed by atoms with Gasteiger partial charge in [0.25, 0.3) is 10.0 Å². The smallest absolute Gasteiger partial charge is 0.261 e. The highest BCUT2D eigenvalue weighted by Gasteiger charge is 2.17. The number of hydrogen-bond acceptors (Lipinski definition) is 6. The fourth-order valence-corrected chi connectivity index (χ4v) is 5.38. The van der Waals surface area contributed by atoms with Crippen LogP contribution in [-0.4, -0.2) is 19.3 Å². The molecule has 0 spiro atoms. The molecule has 9 heteroatoms. The fourth-order valence-electron chi connectivity index (χ4n) is 2.75. The van der Waals surface area contributed by atoms with Gasteiger partial charge in [-0.05, 0) is 35.7 Å². The van der Waals surface area contributed by atoms with Crippen molar-refractivity contribution in [2.24, 2.45) is 0 Å². The normalized spacial score (nSPS) is 11.2. The Morgan fingerprint density at radius 2 is 1.67 bits per heavy atom. The van der Waals surface area contributed by atoms with Crippen molar-refractivity contribution < 1.29 is 13.2 Å². The highest BCUT2D eigenvalue weighted by atomic mass is 32.2. The second kappa shape index (κ2) is 8.78. The number of benzene rings is 2. The van der Waals surface area contributed by atoms with E-state index in [-0.39, 0.29) is 17.2 Å². The van der Waals surface area contributed by atoms with Gasteiger partial charge in [-0.15, -0.1) is 11.3 Å². The molecule has 0 atom stereocenters. The van der Waals surface area contributed by atoms with Crippen LogP contribution in [0.5, 0.6) is 0 Å². The monoisotopic (exact) mass is 455 g/mol. The maximum Gasteiger partial charge on any atom is 0.261 e. The topological polar surface area (TPSA) is 88.2 Å². The molecule has 0 fully saturated rings. The van der Waals surface area contributed by atoms with Gasteiger partial charge in [0.1, 0.15) is 5.01 Å². The van der Waals surface area contributed by atoms with Gasteiger partial charge >= 0.3 is 0 Å². The van der Waals surface area contributed by atoms with Crippen molar-refractivity contribution in [3.8, 4) is 10.6 Å². The Hall–Kier alpha value is -3.01. The lowest BCUT2D eigenvalue weighted by molar-refractivity contribution is -0.115. The molecular weight excluding hydrogens is 438 g/mol. The maximum absolute atomic E-state index is 12.6. The summed E-state index contributed by atoms with van der Waals surface area (Å²) in [7, 11) is -3.76. The van der Waals surface area contributed by atoms with Crippen molar-refractivity contribution in [3.05, 3.63) is 82.5 Å². The number of aromatic nitrogens is 1. The summed E-state index contributed by atoms with van der Waals surface area (Å²) >= 11 is 3.08. The van der Waals surface area contributed by atoms with Crippen molar-refractivity contribution in [1.82, 2.24) is 4.98 Å². The van der Waals surface area contributed by atoms with E-state index < -0.39 is 10.0 Å². The Labute approximate surface area is 182 Å². The van der Waals surface area contributed by atoms with Crippen molar-refractivity contribution in [3.63, 3.8) is 0 Å². The minimum Gasteiger partial charge on any atom is -0.324 e. The maximum atomic E-state index is 12.6. The minimum atomic E-state index is -3.76. The highest BCUT2D eigenvalue weighted by molar-refractivity contribution is 7.92. The Bertz CT molecular complexity index is 1250. The summed E-state index contributed by atoms with van der Waals surface area (Å²) in [5, 5.41) is 9.50. The molecule has 0 unspecified atom stereocenters. The first-order chi connectivity index (χ1) is 14.5. The van der Waals surface area contributed by atoms with Gasteiger partial charge in [0.15, 0.2) is 0 Å². The van der Waals surface area contributed by atoms with Crippen molar-refractivity contribution in [1.29, 1.82) is 0 Å². The number of nitrogens with zero attached hydrogens (tertiary/aromatic N) is 1. The zero-order chi connectivity index (χ0) is 21.0. The summed E-state index contributed by atoms with van der Waals surface area (Å²) in [6.45, 7) is 0. The zero-order valence-electron chi connectivity index (χ0n) is 15.6. The van der Waals surface area contributed by atoms with Crippen molar-refractivity contribution in [2.75, 3.05) is 10.0 Å². The van der Waals surface area contributed by atoms with Gasteiger partial charge in [0.05, 0.1) is 28.4 Å². The molecule has 0 aliphatic heterocycles. The lowest BCUT2D eigenvalue weighted by Crippen LogP contribution is -2.18. The molecule has 152 valence electrons. The molecular formula is C21H17N3O3S3. The highest BCUT2D eigenvalue weighted by Crippen LogP contribution is 2.27. The quantitative estimate of drug-likeness (QED) is 0.417. The van der Waals surface area contributed by atoms with Crippen LogP contribution in [-0.2, 0) is 21.2 Å². The number of hydrogen-bond donors (Lipinski definition) is 2. The van der Waals surface area contributed by atoms with Crippen molar-refractivity contribution in [2.45, 2.75) is 11.3 Å². The molecule has 1 amide bonds. The van der Waals surface area contributed by atoms with E-state index in [1.807, 2.05) is 22.2 Å². The Morgan fingerprint density at radius 3 is 2.40 bits per heavy atom. The number of carbonyl (C=O) groups excluding carboxylic acids is 1. The first-order valence-electron chi connectivity index (χ1n) is 8.95. The van der Waals surface area contributed by atoms with Gasteiger partial charge in [0.2, 0.25) is 5.91 Å². The first-order valence-corrected chi connectivity index (χ1v) is 12.3. The van der Waals surface area contributed by atoms with Gasteiger partial charge < -0.3 is 5.32 Å². The Kier molecular flexibility index (Phi) is 5.93. The van der Waals surface area contributed by atoms with Gasteiger partial charge in [-0.25, -0.2) is 13.4 Å². The lowest BCUT2D eigenvalue weighted by atomic mass is 10.2.